The number of methoxy groups -OCH3 is 1. The van der Waals surface area contributed by atoms with Gasteiger partial charge in [0.1, 0.15) is 5.75 Å². The van der Waals surface area contributed by atoms with Crippen LogP contribution in [0.15, 0.2) is 48.5 Å². The summed E-state index contributed by atoms with van der Waals surface area (Å²) in [6.07, 6.45) is 0.201. The summed E-state index contributed by atoms with van der Waals surface area (Å²) in [5.74, 6) is 0.801. The molecular formula is C20H25NO3. The first kappa shape index (κ1) is 18.0. The van der Waals surface area contributed by atoms with E-state index >= 15 is 0 Å². The smallest absolute Gasteiger partial charge is 0.224 e. The van der Waals surface area contributed by atoms with E-state index in [0.29, 0.717) is 19.6 Å². The molecule has 0 spiro atoms. The number of rotatable bonds is 8. The maximum Gasteiger partial charge on any atom is 0.224 e. The monoisotopic (exact) mass is 327 g/mol. The molecule has 1 unspecified atom stereocenters. The first-order valence-corrected chi connectivity index (χ1v) is 8.20. The van der Waals surface area contributed by atoms with Gasteiger partial charge in [0.2, 0.25) is 5.91 Å². The van der Waals surface area contributed by atoms with E-state index in [1.165, 1.54) is 0 Å². The van der Waals surface area contributed by atoms with Crippen LogP contribution in [-0.4, -0.2) is 26.2 Å². The van der Waals surface area contributed by atoms with Crippen molar-refractivity contribution in [2.75, 3.05) is 20.3 Å². The Kier molecular flexibility index (Phi) is 6.82. The summed E-state index contributed by atoms with van der Waals surface area (Å²) in [5.41, 5.74) is 3.22. The lowest BCUT2D eigenvalue weighted by molar-refractivity contribution is -0.121. The first-order chi connectivity index (χ1) is 11.6. The molecule has 0 aliphatic heterocycles. The second kappa shape index (κ2) is 9.08. The second-order valence-electron chi connectivity index (χ2n) is 5.64. The number of hydrogen-bond donors (Lipinski definition) is 1. The van der Waals surface area contributed by atoms with Crippen LogP contribution >= 0.6 is 0 Å². The Morgan fingerprint density at radius 2 is 1.83 bits per heavy atom. The number of hydrogen-bond acceptors (Lipinski definition) is 3. The van der Waals surface area contributed by atoms with Gasteiger partial charge in [-0.1, -0.05) is 36.4 Å². The average Bonchev–Trinajstić information content (AvgIpc) is 2.59. The van der Waals surface area contributed by atoms with Crippen LogP contribution in [0, 0.1) is 6.92 Å². The molecule has 0 saturated carbocycles. The Labute approximate surface area is 143 Å². The number of carbonyl (C=O) groups excluding carboxylic acids is 1. The summed E-state index contributed by atoms with van der Waals surface area (Å²) in [6.45, 7) is 5.08. The highest BCUT2D eigenvalue weighted by Crippen LogP contribution is 2.19. The third-order valence-corrected chi connectivity index (χ3v) is 3.90. The van der Waals surface area contributed by atoms with E-state index in [2.05, 4.69) is 5.32 Å². The number of amides is 1. The standard InChI is InChI=1S/C20H25NO3/c1-4-24-17-11-9-16(10-12-17)13-20(22)21-14-19(23-3)18-8-6-5-7-15(18)2/h5-12,19H,4,13-14H2,1-3H3,(H,21,22). The van der Waals surface area contributed by atoms with Crippen molar-refractivity contribution in [2.45, 2.75) is 26.4 Å². The van der Waals surface area contributed by atoms with Gasteiger partial charge in [0.15, 0.2) is 0 Å². The Bertz CT molecular complexity index is 652. The Morgan fingerprint density at radius 1 is 1.12 bits per heavy atom. The molecule has 1 atom stereocenters. The lowest BCUT2D eigenvalue weighted by Crippen LogP contribution is -2.30. The van der Waals surface area contributed by atoms with Gasteiger partial charge in [-0.15, -0.1) is 0 Å². The molecule has 0 heterocycles. The summed E-state index contributed by atoms with van der Waals surface area (Å²) >= 11 is 0. The Morgan fingerprint density at radius 3 is 2.46 bits per heavy atom. The van der Waals surface area contributed by atoms with E-state index in [1.807, 2.05) is 62.4 Å². The van der Waals surface area contributed by atoms with Crippen molar-refractivity contribution < 1.29 is 14.3 Å². The van der Waals surface area contributed by atoms with Gasteiger partial charge in [-0.3, -0.25) is 4.79 Å². The number of ether oxygens (including phenoxy) is 2. The summed E-state index contributed by atoms with van der Waals surface area (Å²) in [6, 6.07) is 15.7. The maximum atomic E-state index is 12.2. The van der Waals surface area contributed by atoms with Crippen molar-refractivity contribution in [3.8, 4) is 5.75 Å². The molecule has 24 heavy (non-hydrogen) atoms. The Balaban J connectivity index is 1.88. The number of aryl methyl sites for hydroxylation is 1. The molecule has 4 nitrogen and oxygen atoms in total. The topological polar surface area (TPSA) is 47.6 Å². The third kappa shape index (κ3) is 5.10. The molecule has 2 aromatic rings. The lowest BCUT2D eigenvalue weighted by Gasteiger charge is -2.18. The highest BCUT2D eigenvalue weighted by atomic mass is 16.5. The van der Waals surface area contributed by atoms with Gasteiger partial charge in [-0.2, -0.15) is 0 Å². The summed E-state index contributed by atoms with van der Waals surface area (Å²) < 4.78 is 10.9. The zero-order valence-electron chi connectivity index (χ0n) is 14.5. The SMILES string of the molecule is CCOc1ccc(CC(=O)NCC(OC)c2ccccc2C)cc1. The minimum atomic E-state index is -0.143. The fraction of sp³-hybridized carbons (Fsp3) is 0.350. The van der Waals surface area contributed by atoms with Crippen molar-refractivity contribution in [2.24, 2.45) is 0 Å². The van der Waals surface area contributed by atoms with E-state index in [-0.39, 0.29) is 12.0 Å². The zero-order chi connectivity index (χ0) is 17.4. The van der Waals surface area contributed by atoms with E-state index in [0.717, 1.165) is 22.4 Å². The highest BCUT2D eigenvalue weighted by Gasteiger charge is 2.14. The predicted molar refractivity (Wildman–Crippen MR) is 95.3 cm³/mol. The van der Waals surface area contributed by atoms with Crippen LogP contribution in [-0.2, 0) is 16.0 Å². The van der Waals surface area contributed by atoms with Gasteiger partial charge in [0, 0.05) is 13.7 Å². The maximum absolute atomic E-state index is 12.2. The van der Waals surface area contributed by atoms with Crippen LogP contribution in [0.1, 0.15) is 29.7 Å². The fourth-order valence-corrected chi connectivity index (χ4v) is 2.59. The predicted octanol–water partition coefficient (Wildman–Crippen LogP) is 3.44. The molecular weight excluding hydrogens is 302 g/mol. The van der Waals surface area contributed by atoms with Crippen LogP contribution in [0.3, 0.4) is 0 Å². The van der Waals surface area contributed by atoms with E-state index in [1.54, 1.807) is 7.11 Å². The van der Waals surface area contributed by atoms with Crippen molar-refractivity contribution in [1.82, 2.24) is 5.32 Å². The normalized spacial score (nSPS) is 11.8. The van der Waals surface area contributed by atoms with Gasteiger partial charge in [-0.25, -0.2) is 0 Å². The van der Waals surface area contributed by atoms with Crippen molar-refractivity contribution in [3.05, 3.63) is 65.2 Å². The van der Waals surface area contributed by atoms with Crippen LogP contribution in [0.4, 0.5) is 0 Å². The molecule has 1 amide bonds. The first-order valence-electron chi connectivity index (χ1n) is 8.20. The molecule has 128 valence electrons. The van der Waals surface area contributed by atoms with Crippen LogP contribution in [0.25, 0.3) is 0 Å². The van der Waals surface area contributed by atoms with Crippen LogP contribution < -0.4 is 10.1 Å². The molecule has 2 aromatic carbocycles. The second-order valence-corrected chi connectivity index (χ2v) is 5.64. The van der Waals surface area contributed by atoms with Crippen molar-refractivity contribution >= 4 is 5.91 Å². The van der Waals surface area contributed by atoms with Gasteiger partial charge in [0.05, 0.1) is 19.1 Å². The van der Waals surface area contributed by atoms with Crippen LogP contribution in [0.2, 0.25) is 0 Å². The number of nitrogens with one attached hydrogen (secondary N) is 1. The lowest BCUT2D eigenvalue weighted by atomic mass is 10.0. The summed E-state index contributed by atoms with van der Waals surface area (Å²) in [4.78, 5) is 12.2. The van der Waals surface area contributed by atoms with Crippen molar-refractivity contribution in [3.63, 3.8) is 0 Å². The summed E-state index contributed by atoms with van der Waals surface area (Å²) in [5, 5.41) is 2.95. The van der Waals surface area contributed by atoms with E-state index in [4.69, 9.17) is 9.47 Å². The molecule has 0 aliphatic rings. The largest absolute Gasteiger partial charge is 0.494 e. The van der Waals surface area contributed by atoms with Crippen molar-refractivity contribution in [1.29, 1.82) is 0 Å². The van der Waals surface area contributed by atoms with E-state index < -0.39 is 0 Å². The van der Waals surface area contributed by atoms with Crippen LogP contribution in [0.5, 0.6) is 5.75 Å². The highest BCUT2D eigenvalue weighted by molar-refractivity contribution is 5.78. The number of benzene rings is 2. The minimum absolute atomic E-state index is 0.0187. The molecule has 2 rings (SSSR count). The fourth-order valence-electron chi connectivity index (χ4n) is 2.59. The van der Waals surface area contributed by atoms with E-state index in [9.17, 15) is 4.79 Å². The average molecular weight is 327 g/mol. The molecule has 0 bridgehead atoms. The zero-order valence-corrected chi connectivity index (χ0v) is 14.5. The third-order valence-electron chi connectivity index (χ3n) is 3.90. The molecule has 0 radical (unpaired) electrons. The molecule has 0 fully saturated rings. The summed E-state index contributed by atoms with van der Waals surface area (Å²) in [7, 11) is 1.66. The molecule has 4 heteroatoms. The quantitative estimate of drug-likeness (QED) is 0.808. The van der Waals surface area contributed by atoms with Gasteiger partial charge in [-0.05, 0) is 42.7 Å². The minimum Gasteiger partial charge on any atom is -0.494 e. The van der Waals surface area contributed by atoms with Gasteiger partial charge in [0.25, 0.3) is 0 Å². The number of carbonyl (C=O) groups is 1. The molecule has 0 aromatic heterocycles. The Hall–Kier alpha value is -2.33. The van der Waals surface area contributed by atoms with Gasteiger partial charge < -0.3 is 14.8 Å². The molecule has 1 N–H and O–H groups in total. The molecule has 0 saturated heterocycles. The molecule has 0 aliphatic carbocycles. The van der Waals surface area contributed by atoms with Gasteiger partial charge >= 0.3 is 0 Å².